The average Bonchev–Trinajstić information content (AvgIpc) is 2.72. The van der Waals surface area contributed by atoms with Gasteiger partial charge in [0.2, 0.25) is 0 Å². The van der Waals surface area contributed by atoms with E-state index in [1.165, 1.54) is 41.0 Å². The predicted molar refractivity (Wildman–Crippen MR) is 121 cm³/mol. The molecule has 0 aliphatic rings. The molecule has 0 aromatic heterocycles. The lowest BCUT2D eigenvalue weighted by molar-refractivity contribution is -0.384. The Bertz CT molecular complexity index is 1140. The molecule has 31 heavy (non-hydrogen) atoms. The summed E-state index contributed by atoms with van der Waals surface area (Å²) in [4.78, 5) is 22.3. The molecule has 0 atom stereocenters. The van der Waals surface area contributed by atoms with Crippen LogP contribution in [0, 0.1) is 37.8 Å². The first-order valence-electron chi connectivity index (χ1n) is 9.73. The third-order valence-electron chi connectivity index (χ3n) is 5.07. The second-order valence-electron chi connectivity index (χ2n) is 7.34. The number of aryl methyl sites for hydroxylation is 3. The first-order valence-corrected chi connectivity index (χ1v) is 9.73. The monoisotopic (exact) mass is 417 g/mol. The Balaban J connectivity index is 1.72. The zero-order chi connectivity index (χ0) is 22.5. The summed E-state index contributed by atoms with van der Waals surface area (Å²) in [5, 5.41) is 10.7. The number of hydrogen-bond donors (Lipinski definition) is 0. The lowest BCUT2D eigenvalue weighted by Crippen LogP contribution is -2.14. The molecule has 0 heterocycles. The standard InChI is InChI=1S/C25H23NO5/c1-16-5-6-20(7-8-21-13-17(2)19(4)18(3)14-21)15-24(16)31-25(27)30-23-11-9-22(10-12-23)26(28)29/h5-15H,1-4H3/b8-7+. The Morgan fingerprint density at radius 2 is 1.42 bits per heavy atom. The summed E-state index contributed by atoms with van der Waals surface area (Å²) in [7, 11) is 0. The molecule has 3 aromatic carbocycles. The molecule has 0 saturated carbocycles. The maximum atomic E-state index is 12.2. The van der Waals surface area contributed by atoms with Crippen LogP contribution in [0.25, 0.3) is 12.2 Å². The zero-order valence-corrected chi connectivity index (χ0v) is 17.8. The molecule has 0 N–H and O–H groups in total. The van der Waals surface area contributed by atoms with Crippen LogP contribution in [0.3, 0.4) is 0 Å². The Labute approximate surface area is 180 Å². The number of hydrogen-bond acceptors (Lipinski definition) is 5. The molecule has 3 rings (SSSR count). The molecule has 3 aromatic rings. The van der Waals surface area contributed by atoms with Crippen LogP contribution >= 0.6 is 0 Å². The van der Waals surface area contributed by atoms with E-state index in [4.69, 9.17) is 9.47 Å². The van der Waals surface area contributed by atoms with Crippen molar-refractivity contribution in [1.82, 2.24) is 0 Å². The average molecular weight is 417 g/mol. The number of benzene rings is 3. The molecule has 158 valence electrons. The molecule has 0 saturated heterocycles. The van der Waals surface area contributed by atoms with E-state index in [1.807, 2.05) is 31.2 Å². The molecule has 0 radical (unpaired) electrons. The van der Waals surface area contributed by atoms with E-state index in [1.54, 1.807) is 6.07 Å². The normalized spacial score (nSPS) is 10.8. The lowest BCUT2D eigenvalue weighted by Gasteiger charge is -2.09. The van der Waals surface area contributed by atoms with Crippen molar-refractivity contribution in [1.29, 1.82) is 0 Å². The minimum atomic E-state index is -0.914. The molecular weight excluding hydrogens is 394 g/mol. The van der Waals surface area contributed by atoms with E-state index in [0.29, 0.717) is 5.75 Å². The molecule has 0 unspecified atom stereocenters. The van der Waals surface area contributed by atoms with Crippen LogP contribution in [0.4, 0.5) is 10.5 Å². The van der Waals surface area contributed by atoms with Gasteiger partial charge in [0.15, 0.2) is 0 Å². The van der Waals surface area contributed by atoms with Crippen LogP contribution in [0.15, 0.2) is 54.6 Å². The highest BCUT2D eigenvalue weighted by atomic mass is 16.7. The van der Waals surface area contributed by atoms with Gasteiger partial charge in [0.05, 0.1) is 4.92 Å². The fourth-order valence-electron chi connectivity index (χ4n) is 3.03. The van der Waals surface area contributed by atoms with Crippen molar-refractivity contribution in [2.45, 2.75) is 27.7 Å². The molecular formula is C25H23NO5. The molecule has 0 spiro atoms. The van der Waals surface area contributed by atoms with Crippen LogP contribution < -0.4 is 9.47 Å². The van der Waals surface area contributed by atoms with Crippen molar-refractivity contribution in [2.24, 2.45) is 0 Å². The van der Waals surface area contributed by atoms with E-state index in [9.17, 15) is 14.9 Å². The number of nitro groups is 1. The van der Waals surface area contributed by atoms with Crippen molar-refractivity contribution in [2.75, 3.05) is 0 Å². The smallest absolute Gasteiger partial charge is 0.395 e. The topological polar surface area (TPSA) is 78.7 Å². The molecule has 0 aliphatic carbocycles. The molecule has 0 aliphatic heterocycles. The van der Waals surface area contributed by atoms with E-state index in [2.05, 4.69) is 32.9 Å². The number of carbonyl (C=O) groups excluding carboxylic acids is 1. The zero-order valence-electron chi connectivity index (χ0n) is 17.8. The minimum Gasteiger partial charge on any atom is -0.395 e. The maximum Gasteiger partial charge on any atom is 0.519 e. The van der Waals surface area contributed by atoms with Gasteiger partial charge in [-0.25, -0.2) is 4.79 Å². The van der Waals surface area contributed by atoms with Gasteiger partial charge < -0.3 is 9.47 Å². The van der Waals surface area contributed by atoms with Crippen LogP contribution in [-0.2, 0) is 0 Å². The van der Waals surface area contributed by atoms with Gasteiger partial charge in [0, 0.05) is 12.1 Å². The van der Waals surface area contributed by atoms with Gasteiger partial charge >= 0.3 is 6.16 Å². The number of carbonyl (C=O) groups is 1. The summed E-state index contributed by atoms with van der Waals surface area (Å²) in [6.45, 7) is 8.12. The summed E-state index contributed by atoms with van der Waals surface area (Å²) in [6, 6.07) is 15.0. The van der Waals surface area contributed by atoms with Gasteiger partial charge in [0.25, 0.3) is 5.69 Å². The van der Waals surface area contributed by atoms with Crippen molar-refractivity contribution in [3.05, 3.63) is 98.1 Å². The first-order chi connectivity index (χ1) is 14.7. The van der Waals surface area contributed by atoms with Crippen molar-refractivity contribution in [3.63, 3.8) is 0 Å². The van der Waals surface area contributed by atoms with Crippen molar-refractivity contribution in [3.8, 4) is 11.5 Å². The number of non-ortho nitro benzene ring substituents is 1. The Morgan fingerprint density at radius 3 is 2.03 bits per heavy atom. The molecule has 0 amide bonds. The molecule has 6 nitrogen and oxygen atoms in total. The van der Waals surface area contributed by atoms with Gasteiger partial charge in [-0.05, 0) is 79.3 Å². The quantitative estimate of drug-likeness (QED) is 0.154. The van der Waals surface area contributed by atoms with E-state index < -0.39 is 11.1 Å². The third-order valence-corrected chi connectivity index (χ3v) is 5.07. The highest BCUT2D eigenvalue weighted by Gasteiger charge is 2.12. The van der Waals surface area contributed by atoms with Gasteiger partial charge in [-0.3, -0.25) is 10.1 Å². The van der Waals surface area contributed by atoms with Gasteiger partial charge in [0.1, 0.15) is 11.5 Å². The second kappa shape index (κ2) is 9.26. The van der Waals surface area contributed by atoms with Crippen LogP contribution in [0.1, 0.15) is 33.4 Å². The summed E-state index contributed by atoms with van der Waals surface area (Å²) in [5.74, 6) is 0.541. The van der Waals surface area contributed by atoms with Crippen molar-refractivity contribution < 1.29 is 19.2 Å². The van der Waals surface area contributed by atoms with Gasteiger partial charge in [-0.15, -0.1) is 0 Å². The fraction of sp³-hybridized carbons (Fsp3) is 0.160. The Kier molecular flexibility index (Phi) is 6.50. The lowest BCUT2D eigenvalue weighted by atomic mass is 10.00. The third kappa shape index (κ3) is 5.57. The highest BCUT2D eigenvalue weighted by molar-refractivity contribution is 5.73. The van der Waals surface area contributed by atoms with Crippen molar-refractivity contribution >= 4 is 24.0 Å². The van der Waals surface area contributed by atoms with E-state index >= 15 is 0 Å². The molecule has 0 fully saturated rings. The second-order valence-corrected chi connectivity index (χ2v) is 7.34. The largest absolute Gasteiger partial charge is 0.519 e. The van der Waals surface area contributed by atoms with E-state index in [0.717, 1.165) is 16.7 Å². The number of ether oxygens (including phenoxy) is 2. The Morgan fingerprint density at radius 1 is 0.806 bits per heavy atom. The highest BCUT2D eigenvalue weighted by Crippen LogP contribution is 2.24. The molecule has 0 bridgehead atoms. The summed E-state index contributed by atoms with van der Waals surface area (Å²) in [5.41, 5.74) is 6.42. The number of nitrogens with zero attached hydrogens (tertiary/aromatic N) is 1. The summed E-state index contributed by atoms with van der Waals surface area (Å²) < 4.78 is 10.5. The fourth-order valence-corrected chi connectivity index (χ4v) is 3.03. The maximum absolute atomic E-state index is 12.2. The van der Waals surface area contributed by atoms with Crippen LogP contribution in [-0.4, -0.2) is 11.1 Å². The first kappa shape index (κ1) is 21.8. The van der Waals surface area contributed by atoms with Crippen LogP contribution in [0.5, 0.6) is 11.5 Å². The predicted octanol–water partition coefficient (Wildman–Crippen LogP) is 6.58. The number of rotatable bonds is 5. The summed E-state index contributed by atoms with van der Waals surface area (Å²) >= 11 is 0. The van der Waals surface area contributed by atoms with Crippen LogP contribution in [0.2, 0.25) is 0 Å². The molecule has 6 heteroatoms. The Hall–Kier alpha value is -3.93. The number of nitro benzene ring substituents is 1. The minimum absolute atomic E-state index is 0.0879. The van der Waals surface area contributed by atoms with Gasteiger partial charge in [-0.1, -0.05) is 36.4 Å². The van der Waals surface area contributed by atoms with Gasteiger partial charge in [-0.2, -0.15) is 0 Å². The van der Waals surface area contributed by atoms with E-state index in [-0.39, 0.29) is 11.4 Å². The summed E-state index contributed by atoms with van der Waals surface area (Å²) in [6.07, 6.45) is 3.06. The SMILES string of the molecule is Cc1ccc(/C=C/c2cc(C)c(C)c(C)c2)cc1OC(=O)Oc1ccc([N+](=O)[O-])cc1.